The first-order valence-electron chi connectivity index (χ1n) is 6.61. The second-order valence-corrected chi connectivity index (χ2v) is 7.52. The summed E-state index contributed by atoms with van der Waals surface area (Å²) in [5.74, 6) is -2.56. The zero-order chi connectivity index (χ0) is 17.6. The predicted octanol–water partition coefficient (Wildman–Crippen LogP) is 0.197. The fraction of sp³-hybridized carbons (Fsp3) is 0.750. The first kappa shape index (κ1) is 17.9. The first-order valence-corrected chi connectivity index (χ1v) is 7.48. The number of alkyl halides is 3. The number of hydrogen-bond donors (Lipinski definition) is 2. The molecule has 7 nitrogen and oxygen atoms in total. The molecular formula is C12H15F3N2O5S. The number of halogens is 3. The summed E-state index contributed by atoms with van der Waals surface area (Å²) in [5.41, 5.74) is 0. The standard InChI is InChI=1S/C12H15F3N2O5S/c1-11(2)7(10(20)21)17-8(19)6(9(17)23-11)16-5(18)3-22-4-12(13,14)15/h6-7,9H,3-4H2,1-2H3,(H,16,18)(H,20,21). The van der Waals surface area contributed by atoms with Gasteiger partial charge < -0.3 is 20.1 Å². The Morgan fingerprint density at radius 3 is 2.57 bits per heavy atom. The molecule has 3 unspecified atom stereocenters. The molecule has 0 spiro atoms. The Hall–Kier alpha value is -1.49. The Bertz CT molecular complexity index is 539. The molecule has 0 radical (unpaired) electrons. The number of aliphatic carboxylic acids is 1. The number of carbonyl (C=O) groups excluding carboxylic acids is 2. The second kappa shape index (κ2) is 5.86. The smallest absolute Gasteiger partial charge is 0.411 e. The van der Waals surface area contributed by atoms with Crippen LogP contribution in [0.2, 0.25) is 0 Å². The highest BCUT2D eigenvalue weighted by Crippen LogP contribution is 2.50. The van der Waals surface area contributed by atoms with Gasteiger partial charge in [-0.05, 0) is 13.8 Å². The molecule has 2 heterocycles. The number of carbonyl (C=O) groups is 3. The minimum absolute atomic E-state index is 0.551. The third kappa shape index (κ3) is 3.55. The van der Waals surface area contributed by atoms with Gasteiger partial charge in [-0.1, -0.05) is 0 Å². The quantitative estimate of drug-likeness (QED) is 0.683. The average molecular weight is 356 g/mol. The number of thioether (sulfide) groups is 1. The lowest BCUT2D eigenvalue weighted by atomic mass is 9.96. The number of amides is 2. The topological polar surface area (TPSA) is 95.9 Å². The third-order valence-electron chi connectivity index (χ3n) is 3.49. The number of carboxylic acid groups (broad SMARTS) is 1. The Morgan fingerprint density at radius 1 is 1.43 bits per heavy atom. The molecule has 2 fully saturated rings. The van der Waals surface area contributed by atoms with Crippen molar-refractivity contribution in [3.63, 3.8) is 0 Å². The SMILES string of the molecule is CC1(C)SC2C(NC(=O)COCC(F)(F)F)C(=O)N2C1C(=O)O. The Kier molecular flexibility index (Phi) is 4.55. The molecular weight excluding hydrogens is 341 g/mol. The maximum Gasteiger partial charge on any atom is 0.411 e. The van der Waals surface area contributed by atoms with Gasteiger partial charge in [-0.15, -0.1) is 11.8 Å². The van der Waals surface area contributed by atoms with Crippen LogP contribution in [0.15, 0.2) is 0 Å². The van der Waals surface area contributed by atoms with Crippen molar-refractivity contribution in [1.82, 2.24) is 10.2 Å². The van der Waals surface area contributed by atoms with Gasteiger partial charge in [0, 0.05) is 4.75 Å². The van der Waals surface area contributed by atoms with E-state index < -0.39 is 59.4 Å². The van der Waals surface area contributed by atoms with Crippen molar-refractivity contribution < 1.29 is 37.4 Å². The van der Waals surface area contributed by atoms with Gasteiger partial charge in [0.2, 0.25) is 11.8 Å². The van der Waals surface area contributed by atoms with E-state index in [4.69, 9.17) is 0 Å². The molecule has 2 N–H and O–H groups in total. The van der Waals surface area contributed by atoms with Gasteiger partial charge in [0.1, 0.15) is 30.7 Å². The number of β-lactam (4-membered cyclic amide) rings is 1. The summed E-state index contributed by atoms with van der Waals surface area (Å²) in [5, 5.41) is 11.0. The highest BCUT2D eigenvalue weighted by atomic mass is 32.2. The van der Waals surface area contributed by atoms with Crippen LogP contribution in [0.4, 0.5) is 13.2 Å². The molecule has 2 aliphatic heterocycles. The van der Waals surface area contributed by atoms with Crippen molar-refractivity contribution >= 4 is 29.5 Å². The monoisotopic (exact) mass is 356 g/mol. The molecule has 2 saturated heterocycles. The Balaban J connectivity index is 1.91. The molecule has 2 rings (SSSR count). The van der Waals surface area contributed by atoms with E-state index in [-0.39, 0.29) is 0 Å². The van der Waals surface area contributed by atoms with Gasteiger partial charge in [-0.2, -0.15) is 13.2 Å². The number of ether oxygens (including phenoxy) is 1. The van der Waals surface area contributed by atoms with Crippen LogP contribution in [0, 0.1) is 0 Å². The summed E-state index contributed by atoms with van der Waals surface area (Å²) in [6.45, 7) is 0.963. The van der Waals surface area contributed by atoms with Crippen molar-refractivity contribution in [2.75, 3.05) is 13.2 Å². The van der Waals surface area contributed by atoms with Crippen LogP contribution in [-0.4, -0.2) is 69.4 Å². The molecule has 0 bridgehead atoms. The average Bonchev–Trinajstić information content (AvgIpc) is 2.63. The zero-order valence-electron chi connectivity index (χ0n) is 12.2. The lowest BCUT2D eigenvalue weighted by molar-refractivity contribution is -0.176. The van der Waals surface area contributed by atoms with Crippen LogP contribution >= 0.6 is 11.8 Å². The minimum Gasteiger partial charge on any atom is -0.480 e. The summed E-state index contributed by atoms with van der Waals surface area (Å²) in [7, 11) is 0. The van der Waals surface area contributed by atoms with E-state index >= 15 is 0 Å². The van der Waals surface area contributed by atoms with Crippen LogP contribution < -0.4 is 5.32 Å². The van der Waals surface area contributed by atoms with Crippen LogP contribution in [0.3, 0.4) is 0 Å². The maximum atomic E-state index is 12.0. The fourth-order valence-corrected chi connectivity index (χ4v) is 4.25. The highest BCUT2D eigenvalue weighted by Gasteiger charge is 2.64. The molecule has 130 valence electrons. The van der Waals surface area contributed by atoms with Crippen molar-refractivity contribution in [2.45, 2.75) is 42.2 Å². The van der Waals surface area contributed by atoms with Crippen molar-refractivity contribution in [1.29, 1.82) is 0 Å². The van der Waals surface area contributed by atoms with E-state index in [9.17, 15) is 32.7 Å². The lowest BCUT2D eigenvalue weighted by Gasteiger charge is -2.43. The summed E-state index contributed by atoms with van der Waals surface area (Å²) in [4.78, 5) is 36.0. The van der Waals surface area contributed by atoms with Gasteiger partial charge in [0.05, 0.1) is 0 Å². The number of hydrogen-bond acceptors (Lipinski definition) is 5. The van der Waals surface area contributed by atoms with Crippen molar-refractivity contribution in [3.8, 4) is 0 Å². The Labute approximate surface area is 133 Å². The second-order valence-electron chi connectivity index (χ2n) is 5.75. The molecule has 11 heteroatoms. The van der Waals surface area contributed by atoms with Crippen LogP contribution in [0.5, 0.6) is 0 Å². The normalized spacial score (nSPS) is 29.0. The van der Waals surface area contributed by atoms with E-state index in [2.05, 4.69) is 10.1 Å². The minimum atomic E-state index is -4.54. The third-order valence-corrected chi connectivity index (χ3v) is 5.06. The largest absolute Gasteiger partial charge is 0.480 e. The molecule has 23 heavy (non-hydrogen) atoms. The molecule has 2 aliphatic rings. The molecule has 0 aromatic rings. The summed E-state index contributed by atoms with van der Waals surface area (Å²) < 4.78 is 39.2. The number of nitrogens with one attached hydrogen (secondary N) is 1. The number of rotatable bonds is 5. The van der Waals surface area contributed by atoms with E-state index in [0.717, 1.165) is 0 Å². The summed E-state index contributed by atoms with van der Waals surface area (Å²) >= 11 is 1.22. The van der Waals surface area contributed by atoms with Gasteiger partial charge >= 0.3 is 12.1 Å². The van der Waals surface area contributed by atoms with Gasteiger partial charge in [0.15, 0.2) is 0 Å². The molecule has 0 saturated carbocycles. The van der Waals surface area contributed by atoms with Crippen molar-refractivity contribution in [2.24, 2.45) is 0 Å². The maximum absolute atomic E-state index is 12.0. The van der Waals surface area contributed by atoms with Gasteiger partial charge in [0.25, 0.3) is 0 Å². The fourth-order valence-electron chi connectivity index (χ4n) is 2.62. The van der Waals surface area contributed by atoms with Crippen LogP contribution in [0.25, 0.3) is 0 Å². The van der Waals surface area contributed by atoms with E-state index in [1.165, 1.54) is 16.7 Å². The predicted molar refractivity (Wildman–Crippen MR) is 72.5 cm³/mol. The summed E-state index contributed by atoms with van der Waals surface area (Å²) in [6, 6.07) is -1.97. The Morgan fingerprint density at radius 2 is 2.04 bits per heavy atom. The van der Waals surface area contributed by atoms with Crippen LogP contribution in [-0.2, 0) is 19.1 Å². The molecule has 0 aromatic heterocycles. The zero-order valence-corrected chi connectivity index (χ0v) is 13.0. The van der Waals surface area contributed by atoms with Gasteiger partial charge in [-0.25, -0.2) is 4.79 Å². The van der Waals surface area contributed by atoms with E-state index in [0.29, 0.717) is 0 Å². The lowest BCUT2D eigenvalue weighted by Crippen LogP contribution is -2.70. The number of fused-ring (bicyclic) bond motifs is 1. The first-order chi connectivity index (χ1) is 10.4. The van der Waals surface area contributed by atoms with Gasteiger partial charge in [-0.3, -0.25) is 9.59 Å². The van der Waals surface area contributed by atoms with Crippen molar-refractivity contribution in [3.05, 3.63) is 0 Å². The number of carboxylic acids is 1. The number of nitrogens with zero attached hydrogens (tertiary/aromatic N) is 1. The molecule has 3 atom stereocenters. The highest BCUT2D eigenvalue weighted by molar-refractivity contribution is 8.01. The van der Waals surface area contributed by atoms with E-state index in [1.54, 1.807) is 13.8 Å². The van der Waals surface area contributed by atoms with Crippen LogP contribution in [0.1, 0.15) is 13.8 Å². The van der Waals surface area contributed by atoms with E-state index in [1.807, 2.05) is 0 Å². The molecule has 0 aliphatic carbocycles. The molecule has 0 aromatic carbocycles. The summed E-state index contributed by atoms with van der Waals surface area (Å²) in [6.07, 6.45) is -4.54. The molecule has 2 amide bonds.